The highest BCUT2D eigenvalue weighted by molar-refractivity contribution is 5.81. The van der Waals surface area contributed by atoms with Crippen LogP contribution in [0.3, 0.4) is 0 Å². The zero-order valence-corrected chi connectivity index (χ0v) is 16.1. The van der Waals surface area contributed by atoms with E-state index >= 15 is 0 Å². The number of nitrogens with zero attached hydrogens (tertiary/aromatic N) is 1. The lowest BCUT2D eigenvalue weighted by Gasteiger charge is -2.38. The number of carbonyl (C=O) groups excluding carboxylic acids is 1. The molecule has 0 spiro atoms. The van der Waals surface area contributed by atoms with Crippen molar-refractivity contribution in [1.29, 1.82) is 0 Å². The quantitative estimate of drug-likeness (QED) is 0.741. The van der Waals surface area contributed by atoms with E-state index < -0.39 is 11.7 Å². The molecule has 0 bridgehead atoms. The van der Waals surface area contributed by atoms with E-state index in [1.165, 1.54) is 12.1 Å². The van der Waals surface area contributed by atoms with Crippen LogP contribution >= 0.6 is 0 Å². The summed E-state index contributed by atoms with van der Waals surface area (Å²) in [5.74, 6) is 0.0862. The second-order valence-electron chi connectivity index (χ2n) is 8.33. The van der Waals surface area contributed by atoms with E-state index in [2.05, 4.69) is 10.2 Å². The maximum Gasteiger partial charge on any atom is 0.416 e. The minimum Gasteiger partial charge on any atom is -0.392 e. The molecule has 0 radical (unpaired) electrons. The average Bonchev–Trinajstić information content (AvgIpc) is 3.06. The summed E-state index contributed by atoms with van der Waals surface area (Å²) in [6, 6.07) is 4.89. The number of aliphatic hydroxyl groups is 1. The van der Waals surface area contributed by atoms with Crippen molar-refractivity contribution in [3.63, 3.8) is 0 Å². The fourth-order valence-electron chi connectivity index (χ4n) is 4.40. The first kappa shape index (κ1) is 21.3. The third-order valence-electron chi connectivity index (χ3n) is 6.12. The molecular formula is C21H29F3N2O2. The Labute approximate surface area is 164 Å². The highest BCUT2D eigenvalue weighted by Crippen LogP contribution is 2.38. The topological polar surface area (TPSA) is 52.6 Å². The number of hydrogen-bond acceptors (Lipinski definition) is 4. The SMILES string of the molecule is O=C(Cc1ccc(C(F)(F)F)cc1)CC1(CCN2CCC(O)C2)CCNCC1. The Balaban J connectivity index is 1.58. The third-order valence-corrected chi connectivity index (χ3v) is 6.12. The first-order valence-electron chi connectivity index (χ1n) is 10.0. The van der Waals surface area contributed by atoms with Crippen LogP contribution in [0.5, 0.6) is 0 Å². The zero-order chi connectivity index (χ0) is 20.2. The fourth-order valence-corrected chi connectivity index (χ4v) is 4.40. The largest absolute Gasteiger partial charge is 0.416 e. The summed E-state index contributed by atoms with van der Waals surface area (Å²) in [6.45, 7) is 4.25. The van der Waals surface area contributed by atoms with E-state index in [0.29, 0.717) is 18.5 Å². The van der Waals surface area contributed by atoms with Gasteiger partial charge in [0.05, 0.1) is 11.7 Å². The van der Waals surface area contributed by atoms with Crippen molar-refractivity contribution in [2.75, 3.05) is 32.7 Å². The smallest absolute Gasteiger partial charge is 0.392 e. The summed E-state index contributed by atoms with van der Waals surface area (Å²) >= 11 is 0. The Kier molecular flexibility index (Phi) is 6.78. The molecule has 7 heteroatoms. The number of hydrogen-bond donors (Lipinski definition) is 2. The number of β-amino-alcohol motifs (C(OH)–C–C–N with tert-alkyl or cyclic N) is 1. The Morgan fingerprint density at radius 2 is 1.89 bits per heavy atom. The molecule has 2 saturated heterocycles. The minimum atomic E-state index is -4.36. The van der Waals surface area contributed by atoms with Crippen molar-refractivity contribution in [3.8, 4) is 0 Å². The Morgan fingerprint density at radius 1 is 1.21 bits per heavy atom. The fraction of sp³-hybridized carbons (Fsp3) is 0.667. The molecule has 2 N–H and O–H groups in total. The highest BCUT2D eigenvalue weighted by atomic mass is 19.4. The van der Waals surface area contributed by atoms with Crippen LogP contribution in [0.1, 0.15) is 43.2 Å². The van der Waals surface area contributed by atoms with E-state index in [1.807, 2.05) is 0 Å². The second kappa shape index (κ2) is 8.93. The van der Waals surface area contributed by atoms with Crippen LogP contribution in [-0.4, -0.2) is 54.6 Å². The Bertz CT molecular complexity index is 655. The van der Waals surface area contributed by atoms with E-state index in [-0.39, 0.29) is 23.7 Å². The normalized spacial score (nSPS) is 23.1. The summed E-state index contributed by atoms with van der Waals surface area (Å²) < 4.78 is 38.1. The molecule has 2 fully saturated rings. The van der Waals surface area contributed by atoms with Gasteiger partial charge in [-0.1, -0.05) is 12.1 Å². The van der Waals surface area contributed by atoms with Crippen LogP contribution in [0.4, 0.5) is 13.2 Å². The number of halogens is 3. The number of alkyl halides is 3. The molecule has 2 aliphatic heterocycles. The number of ketones is 1. The van der Waals surface area contributed by atoms with Crippen LogP contribution in [-0.2, 0) is 17.4 Å². The third kappa shape index (κ3) is 5.78. The van der Waals surface area contributed by atoms with Crippen molar-refractivity contribution in [3.05, 3.63) is 35.4 Å². The van der Waals surface area contributed by atoms with Crippen molar-refractivity contribution >= 4 is 5.78 Å². The molecule has 28 heavy (non-hydrogen) atoms. The van der Waals surface area contributed by atoms with Crippen LogP contribution in [0.15, 0.2) is 24.3 Å². The lowest BCUT2D eigenvalue weighted by Crippen LogP contribution is -2.40. The first-order valence-corrected chi connectivity index (χ1v) is 10.0. The highest BCUT2D eigenvalue weighted by Gasteiger charge is 2.35. The zero-order valence-electron chi connectivity index (χ0n) is 16.1. The minimum absolute atomic E-state index is 0.0538. The van der Waals surface area contributed by atoms with Gasteiger partial charge in [-0.15, -0.1) is 0 Å². The molecule has 2 heterocycles. The van der Waals surface area contributed by atoms with Gasteiger partial charge in [0.25, 0.3) is 0 Å². The molecule has 1 atom stereocenters. The van der Waals surface area contributed by atoms with E-state index in [9.17, 15) is 23.1 Å². The summed E-state index contributed by atoms with van der Waals surface area (Å²) in [6.07, 6.45) is -0.372. The van der Waals surface area contributed by atoms with Gasteiger partial charge in [0.1, 0.15) is 5.78 Å². The number of benzene rings is 1. The molecule has 156 valence electrons. The summed E-state index contributed by atoms with van der Waals surface area (Å²) in [5.41, 5.74) is -0.113. The summed E-state index contributed by atoms with van der Waals surface area (Å²) in [5, 5.41) is 13.1. The molecule has 0 amide bonds. The molecule has 1 aromatic carbocycles. The molecule has 0 saturated carbocycles. The Hall–Kier alpha value is -1.44. The molecule has 1 unspecified atom stereocenters. The predicted octanol–water partition coefficient (Wildman–Crippen LogP) is 3.03. The van der Waals surface area contributed by atoms with Gasteiger partial charge in [0.2, 0.25) is 0 Å². The number of likely N-dealkylation sites (tertiary alicyclic amines) is 1. The van der Waals surface area contributed by atoms with Gasteiger partial charge in [-0.25, -0.2) is 0 Å². The second-order valence-corrected chi connectivity index (χ2v) is 8.33. The van der Waals surface area contributed by atoms with Gasteiger partial charge < -0.3 is 15.3 Å². The number of rotatable bonds is 7. The average molecular weight is 398 g/mol. The van der Waals surface area contributed by atoms with E-state index in [0.717, 1.165) is 64.0 Å². The first-order chi connectivity index (χ1) is 13.3. The lowest BCUT2D eigenvalue weighted by atomic mass is 9.72. The number of aliphatic hydroxyl groups excluding tert-OH is 1. The number of piperidine rings is 1. The molecule has 0 aliphatic carbocycles. The van der Waals surface area contributed by atoms with Gasteiger partial charge in [-0.05, 0) is 68.4 Å². The number of Topliss-reactive ketones (excluding diaryl/α,β-unsaturated/α-hetero) is 1. The van der Waals surface area contributed by atoms with Crippen molar-refractivity contribution in [2.45, 2.75) is 50.8 Å². The maximum absolute atomic E-state index is 12.7. The van der Waals surface area contributed by atoms with Crippen molar-refractivity contribution in [1.82, 2.24) is 10.2 Å². The molecule has 2 aliphatic rings. The van der Waals surface area contributed by atoms with E-state index in [1.54, 1.807) is 0 Å². The standard InChI is InChI=1S/C21H29F3N2O2/c22-21(23,24)17-3-1-16(2-4-17)13-19(28)14-20(6-9-25-10-7-20)8-12-26-11-5-18(27)15-26/h1-4,18,25,27H,5-15H2. The van der Waals surface area contributed by atoms with Crippen LogP contribution in [0.2, 0.25) is 0 Å². The molecule has 0 aromatic heterocycles. The van der Waals surface area contributed by atoms with Crippen molar-refractivity contribution in [2.24, 2.45) is 5.41 Å². The Morgan fingerprint density at radius 3 is 2.46 bits per heavy atom. The van der Waals surface area contributed by atoms with Gasteiger partial charge in [-0.2, -0.15) is 13.2 Å². The van der Waals surface area contributed by atoms with Crippen LogP contribution in [0, 0.1) is 5.41 Å². The van der Waals surface area contributed by atoms with E-state index in [4.69, 9.17) is 0 Å². The lowest BCUT2D eigenvalue weighted by molar-refractivity contribution is -0.137. The number of nitrogens with one attached hydrogen (secondary N) is 1. The molecule has 1 aromatic rings. The van der Waals surface area contributed by atoms with Gasteiger partial charge >= 0.3 is 6.18 Å². The predicted molar refractivity (Wildman–Crippen MR) is 101 cm³/mol. The van der Waals surface area contributed by atoms with Crippen molar-refractivity contribution < 1.29 is 23.1 Å². The maximum atomic E-state index is 12.7. The summed E-state index contributed by atoms with van der Waals surface area (Å²) in [7, 11) is 0. The monoisotopic (exact) mass is 398 g/mol. The summed E-state index contributed by atoms with van der Waals surface area (Å²) in [4.78, 5) is 15.0. The number of carbonyl (C=O) groups is 1. The molecular weight excluding hydrogens is 369 g/mol. The van der Waals surface area contributed by atoms with Crippen LogP contribution < -0.4 is 5.32 Å². The van der Waals surface area contributed by atoms with Gasteiger partial charge in [0, 0.05) is 25.9 Å². The van der Waals surface area contributed by atoms with Gasteiger partial charge in [-0.3, -0.25) is 4.79 Å². The van der Waals surface area contributed by atoms with Crippen LogP contribution in [0.25, 0.3) is 0 Å². The van der Waals surface area contributed by atoms with Gasteiger partial charge in [0.15, 0.2) is 0 Å². The molecule has 4 nitrogen and oxygen atoms in total. The molecule has 3 rings (SSSR count).